The molecule has 0 bridgehead atoms. The van der Waals surface area contributed by atoms with Crippen LogP contribution in [-0.2, 0) is 7.05 Å². The molecule has 0 radical (unpaired) electrons. The molecule has 0 atom stereocenters. The SMILES string of the molecule is Cc1c(C)n(C)c2ccc(-n3c(-c4cc(C5CC5)c(O)cc4O)c[nH]c3=S)cc12. The van der Waals surface area contributed by atoms with E-state index < -0.39 is 0 Å². The van der Waals surface area contributed by atoms with Gasteiger partial charge >= 0.3 is 0 Å². The van der Waals surface area contributed by atoms with Gasteiger partial charge in [0.25, 0.3) is 0 Å². The van der Waals surface area contributed by atoms with Gasteiger partial charge in [0, 0.05) is 47.2 Å². The molecule has 1 fully saturated rings. The van der Waals surface area contributed by atoms with Gasteiger partial charge in [0.2, 0.25) is 0 Å². The van der Waals surface area contributed by atoms with Gasteiger partial charge in [-0.05, 0) is 80.2 Å². The fourth-order valence-electron chi connectivity index (χ4n) is 4.23. The third kappa shape index (κ3) is 2.70. The van der Waals surface area contributed by atoms with Crippen LogP contribution >= 0.6 is 12.2 Å². The number of rotatable bonds is 3. The van der Waals surface area contributed by atoms with E-state index in [9.17, 15) is 10.2 Å². The van der Waals surface area contributed by atoms with Crippen molar-refractivity contribution in [2.75, 3.05) is 0 Å². The molecule has 5 nitrogen and oxygen atoms in total. The molecule has 3 N–H and O–H groups in total. The molecule has 148 valence electrons. The Bertz CT molecular complexity index is 1340. The van der Waals surface area contributed by atoms with Crippen LogP contribution in [0, 0.1) is 18.6 Å². The van der Waals surface area contributed by atoms with Crippen molar-refractivity contribution in [1.82, 2.24) is 14.1 Å². The maximum Gasteiger partial charge on any atom is 0.182 e. The minimum atomic E-state index is 0.0439. The number of aromatic hydroxyl groups is 2. The molecule has 0 aliphatic heterocycles. The smallest absolute Gasteiger partial charge is 0.182 e. The summed E-state index contributed by atoms with van der Waals surface area (Å²) in [6.45, 7) is 4.25. The van der Waals surface area contributed by atoms with Gasteiger partial charge in [0.05, 0.1) is 5.69 Å². The summed E-state index contributed by atoms with van der Waals surface area (Å²) in [5, 5.41) is 22.0. The van der Waals surface area contributed by atoms with Crippen LogP contribution in [0.15, 0.2) is 36.5 Å². The number of fused-ring (bicyclic) bond motifs is 1. The predicted octanol–water partition coefficient (Wildman–Crippen LogP) is 5.60. The lowest BCUT2D eigenvalue weighted by molar-refractivity contribution is 0.447. The predicted molar refractivity (Wildman–Crippen MR) is 118 cm³/mol. The molecule has 1 aliphatic carbocycles. The highest BCUT2D eigenvalue weighted by molar-refractivity contribution is 7.71. The zero-order valence-electron chi connectivity index (χ0n) is 16.7. The number of aryl methyl sites for hydroxylation is 2. The number of hydrogen-bond donors (Lipinski definition) is 3. The lowest BCUT2D eigenvalue weighted by Crippen LogP contribution is -1.98. The lowest BCUT2D eigenvalue weighted by Gasteiger charge is -2.13. The Morgan fingerprint density at radius 2 is 1.83 bits per heavy atom. The van der Waals surface area contributed by atoms with Gasteiger partial charge in [0.15, 0.2) is 4.77 Å². The molecule has 5 rings (SSSR count). The van der Waals surface area contributed by atoms with E-state index in [1.165, 1.54) is 28.2 Å². The van der Waals surface area contributed by atoms with Crippen molar-refractivity contribution in [3.05, 3.63) is 58.1 Å². The average molecular weight is 406 g/mol. The standard InChI is InChI=1S/C23H23N3O2S/c1-12-13(2)25(3)19-7-6-15(8-16(12)19)26-20(11-24-23(26)29)18-9-17(14-4-5-14)21(27)10-22(18)28/h6-11,14,27-28H,4-5H2,1-3H3,(H,24,29). The minimum absolute atomic E-state index is 0.0439. The maximum atomic E-state index is 10.6. The monoisotopic (exact) mass is 405 g/mol. The van der Waals surface area contributed by atoms with Gasteiger partial charge < -0.3 is 19.8 Å². The zero-order chi connectivity index (χ0) is 20.4. The number of aromatic amines is 1. The molecule has 2 aromatic heterocycles. The largest absolute Gasteiger partial charge is 0.508 e. The quantitative estimate of drug-likeness (QED) is 0.389. The van der Waals surface area contributed by atoms with E-state index in [0.717, 1.165) is 29.8 Å². The Morgan fingerprint density at radius 1 is 1.07 bits per heavy atom. The summed E-state index contributed by atoms with van der Waals surface area (Å²) < 4.78 is 4.70. The number of phenols is 2. The molecular formula is C23H23N3O2S. The second-order valence-corrected chi connectivity index (χ2v) is 8.37. The van der Waals surface area contributed by atoms with Crippen LogP contribution in [0.2, 0.25) is 0 Å². The van der Waals surface area contributed by atoms with Crippen molar-refractivity contribution in [1.29, 1.82) is 0 Å². The fraction of sp³-hybridized carbons (Fsp3) is 0.261. The first kappa shape index (κ1) is 18.1. The third-order valence-electron chi connectivity index (χ3n) is 6.26. The van der Waals surface area contributed by atoms with Crippen LogP contribution in [0.25, 0.3) is 27.8 Å². The second kappa shape index (κ2) is 6.26. The van der Waals surface area contributed by atoms with E-state index in [2.05, 4.69) is 42.6 Å². The van der Waals surface area contributed by atoms with Crippen LogP contribution in [0.5, 0.6) is 11.5 Å². The van der Waals surface area contributed by atoms with Crippen LogP contribution in [0.3, 0.4) is 0 Å². The Morgan fingerprint density at radius 3 is 2.55 bits per heavy atom. The summed E-state index contributed by atoms with van der Waals surface area (Å²) in [6.07, 6.45) is 3.96. The van der Waals surface area contributed by atoms with E-state index in [-0.39, 0.29) is 11.5 Å². The number of benzene rings is 2. The number of phenolic OH excluding ortho intramolecular Hbond substituents is 2. The van der Waals surface area contributed by atoms with Crippen LogP contribution in [0.1, 0.15) is 35.6 Å². The Balaban J connectivity index is 1.73. The lowest BCUT2D eigenvalue weighted by atomic mass is 10.0. The first-order valence-electron chi connectivity index (χ1n) is 9.79. The van der Waals surface area contributed by atoms with E-state index in [0.29, 0.717) is 16.3 Å². The summed E-state index contributed by atoms with van der Waals surface area (Å²) in [7, 11) is 2.08. The van der Waals surface area contributed by atoms with Crippen LogP contribution < -0.4 is 0 Å². The molecule has 0 spiro atoms. The van der Waals surface area contributed by atoms with Crippen molar-refractivity contribution >= 4 is 23.1 Å². The van der Waals surface area contributed by atoms with Crippen LogP contribution in [0.4, 0.5) is 0 Å². The Labute approximate surface area is 173 Å². The van der Waals surface area contributed by atoms with Crippen molar-refractivity contribution in [2.45, 2.75) is 32.6 Å². The molecule has 0 saturated heterocycles. The highest BCUT2D eigenvalue weighted by Crippen LogP contribution is 2.47. The highest BCUT2D eigenvalue weighted by atomic mass is 32.1. The number of aromatic nitrogens is 3. The molecule has 1 aliphatic rings. The van der Waals surface area contributed by atoms with Gasteiger partial charge in [-0.15, -0.1) is 0 Å². The molecule has 29 heavy (non-hydrogen) atoms. The Kier molecular flexibility index (Phi) is 3.90. The van der Waals surface area contributed by atoms with Crippen molar-refractivity contribution in [3.63, 3.8) is 0 Å². The Hall–Kier alpha value is -2.99. The summed E-state index contributed by atoms with van der Waals surface area (Å²) in [5.74, 6) is 0.574. The molecule has 1 saturated carbocycles. The number of hydrogen-bond acceptors (Lipinski definition) is 3. The molecule has 0 amide bonds. The van der Waals surface area contributed by atoms with Crippen molar-refractivity contribution in [3.8, 4) is 28.4 Å². The van der Waals surface area contributed by atoms with Crippen molar-refractivity contribution in [2.24, 2.45) is 7.05 Å². The zero-order valence-corrected chi connectivity index (χ0v) is 17.5. The summed E-state index contributed by atoms with van der Waals surface area (Å²) in [6, 6.07) is 9.64. The normalized spacial score (nSPS) is 14.0. The molecular weight excluding hydrogens is 382 g/mol. The minimum Gasteiger partial charge on any atom is -0.508 e. The van der Waals surface area contributed by atoms with Gasteiger partial charge in [0.1, 0.15) is 11.5 Å². The van der Waals surface area contributed by atoms with Gasteiger partial charge in [-0.2, -0.15) is 0 Å². The maximum absolute atomic E-state index is 10.6. The number of nitrogens with one attached hydrogen (secondary N) is 1. The summed E-state index contributed by atoms with van der Waals surface area (Å²) in [4.78, 5) is 3.12. The van der Waals surface area contributed by atoms with Crippen LogP contribution in [-0.4, -0.2) is 24.3 Å². The van der Waals surface area contributed by atoms with E-state index >= 15 is 0 Å². The molecule has 6 heteroatoms. The van der Waals surface area contributed by atoms with Gasteiger partial charge in [-0.25, -0.2) is 0 Å². The van der Waals surface area contributed by atoms with E-state index in [1.54, 1.807) is 0 Å². The van der Waals surface area contributed by atoms with Crippen molar-refractivity contribution < 1.29 is 10.2 Å². The first-order valence-corrected chi connectivity index (χ1v) is 10.2. The van der Waals surface area contributed by atoms with E-state index in [4.69, 9.17) is 12.2 Å². The van der Waals surface area contributed by atoms with Gasteiger partial charge in [-0.1, -0.05) is 0 Å². The number of nitrogens with zero attached hydrogens (tertiary/aromatic N) is 2. The van der Waals surface area contributed by atoms with E-state index in [1.807, 2.05) is 22.9 Å². The second-order valence-electron chi connectivity index (χ2n) is 7.99. The summed E-state index contributed by atoms with van der Waals surface area (Å²) in [5.41, 5.74) is 6.93. The first-order chi connectivity index (χ1) is 13.9. The average Bonchev–Trinajstić information content (AvgIpc) is 3.43. The molecule has 2 aromatic carbocycles. The van der Waals surface area contributed by atoms with Gasteiger partial charge in [-0.3, -0.25) is 4.57 Å². The third-order valence-corrected chi connectivity index (χ3v) is 6.56. The highest BCUT2D eigenvalue weighted by Gasteiger charge is 2.28. The topological polar surface area (TPSA) is 66.1 Å². The molecule has 4 aromatic rings. The number of imidazole rings is 1. The molecule has 2 heterocycles. The molecule has 0 unspecified atom stereocenters. The fourth-order valence-corrected chi connectivity index (χ4v) is 4.49. The summed E-state index contributed by atoms with van der Waals surface area (Å²) >= 11 is 5.58. The number of H-pyrrole nitrogens is 1.